The standard InChI is InChI=1S/C21H33FN4/c1-16-6-2-3-11-26(16)21(25-20-10-5-9-19(22)13-20)24-15-18-8-4-7-17(12-18)14-23/h5,9-10,13,16-18H,2-4,6-8,11-12,14-15,23H2,1H3,(H,24,25). The van der Waals surface area contributed by atoms with Crippen molar-refractivity contribution in [1.82, 2.24) is 4.90 Å². The molecule has 5 heteroatoms. The van der Waals surface area contributed by atoms with Crippen LogP contribution in [0.1, 0.15) is 51.9 Å². The Labute approximate surface area is 157 Å². The summed E-state index contributed by atoms with van der Waals surface area (Å²) < 4.78 is 13.6. The van der Waals surface area contributed by atoms with E-state index in [-0.39, 0.29) is 5.82 Å². The van der Waals surface area contributed by atoms with E-state index in [0.29, 0.717) is 17.9 Å². The van der Waals surface area contributed by atoms with Crippen molar-refractivity contribution < 1.29 is 4.39 Å². The van der Waals surface area contributed by atoms with Gasteiger partial charge in [-0.05, 0) is 82.0 Å². The molecule has 1 aliphatic carbocycles. The number of rotatable bonds is 4. The van der Waals surface area contributed by atoms with E-state index in [0.717, 1.165) is 31.3 Å². The predicted molar refractivity (Wildman–Crippen MR) is 107 cm³/mol. The minimum Gasteiger partial charge on any atom is -0.340 e. The average molecular weight is 361 g/mol. The van der Waals surface area contributed by atoms with Gasteiger partial charge in [0.05, 0.1) is 0 Å². The molecule has 1 aliphatic heterocycles. The van der Waals surface area contributed by atoms with E-state index in [9.17, 15) is 4.39 Å². The van der Waals surface area contributed by atoms with Gasteiger partial charge in [0, 0.05) is 24.8 Å². The summed E-state index contributed by atoms with van der Waals surface area (Å²) in [6.07, 6.45) is 8.58. The Bertz CT molecular complexity index is 603. The van der Waals surface area contributed by atoms with Gasteiger partial charge in [0.15, 0.2) is 5.96 Å². The number of halogens is 1. The van der Waals surface area contributed by atoms with Gasteiger partial charge in [0.2, 0.25) is 0 Å². The van der Waals surface area contributed by atoms with Gasteiger partial charge in [-0.2, -0.15) is 0 Å². The molecule has 3 N–H and O–H groups in total. The molecule has 0 radical (unpaired) electrons. The number of likely N-dealkylation sites (tertiary alicyclic amines) is 1. The lowest BCUT2D eigenvalue weighted by Crippen LogP contribution is -2.45. The Hall–Kier alpha value is -1.62. The Morgan fingerprint density at radius 1 is 1.23 bits per heavy atom. The highest BCUT2D eigenvalue weighted by Gasteiger charge is 2.24. The Morgan fingerprint density at radius 2 is 2.08 bits per heavy atom. The quantitative estimate of drug-likeness (QED) is 0.624. The van der Waals surface area contributed by atoms with Crippen molar-refractivity contribution in [2.75, 3.05) is 25.0 Å². The zero-order valence-corrected chi connectivity index (χ0v) is 16.0. The number of piperidine rings is 1. The van der Waals surface area contributed by atoms with Crippen molar-refractivity contribution >= 4 is 11.6 Å². The molecule has 0 bridgehead atoms. The molecule has 0 spiro atoms. The van der Waals surface area contributed by atoms with Crippen LogP contribution in [0.3, 0.4) is 0 Å². The van der Waals surface area contributed by atoms with Crippen molar-refractivity contribution in [3.8, 4) is 0 Å². The maximum atomic E-state index is 13.6. The molecule has 0 amide bonds. The first kappa shape index (κ1) is 19.2. The molecular weight excluding hydrogens is 327 g/mol. The molecule has 0 aromatic heterocycles. The molecular formula is C21H33FN4. The summed E-state index contributed by atoms with van der Waals surface area (Å²) in [4.78, 5) is 7.34. The summed E-state index contributed by atoms with van der Waals surface area (Å²) in [5.41, 5.74) is 6.65. The van der Waals surface area contributed by atoms with Gasteiger partial charge in [-0.15, -0.1) is 0 Å². The molecule has 1 saturated carbocycles. The fourth-order valence-electron chi connectivity index (χ4n) is 4.31. The molecule has 1 saturated heterocycles. The largest absolute Gasteiger partial charge is 0.340 e. The SMILES string of the molecule is CC1CCCCN1C(=NCC1CCCC(CN)C1)Nc1cccc(F)c1. The van der Waals surface area contributed by atoms with E-state index < -0.39 is 0 Å². The van der Waals surface area contributed by atoms with Crippen LogP contribution >= 0.6 is 0 Å². The van der Waals surface area contributed by atoms with Crippen molar-refractivity contribution in [2.24, 2.45) is 22.6 Å². The molecule has 3 unspecified atom stereocenters. The smallest absolute Gasteiger partial charge is 0.198 e. The van der Waals surface area contributed by atoms with Crippen molar-refractivity contribution in [2.45, 2.75) is 57.9 Å². The zero-order valence-electron chi connectivity index (χ0n) is 16.0. The second-order valence-electron chi connectivity index (χ2n) is 7.97. The van der Waals surface area contributed by atoms with E-state index in [4.69, 9.17) is 10.7 Å². The maximum Gasteiger partial charge on any atom is 0.198 e. The fourth-order valence-corrected chi connectivity index (χ4v) is 4.31. The van der Waals surface area contributed by atoms with E-state index in [1.807, 2.05) is 6.07 Å². The van der Waals surface area contributed by atoms with Gasteiger partial charge in [-0.3, -0.25) is 4.99 Å². The third-order valence-corrected chi connectivity index (χ3v) is 5.88. The summed E-state index contributed by atoms with van der Waals surface area (Å²) in [7, 11) is 0. The minimum absolute atomic E-state index is 0.223. The van der Waals surface area contributed by atoms with Crippen LogP contribution in [0.2, 0.25) is 0 Å². The lowest BCUT2D eigenvalue weighted by molar-refractivity contribution is 0.253. The number of nitrogens with one attached hydrogen (secondary N) is 1. The predicted octanol–water partition coefficient (Wildman–Crippen LogP) is 4.23. The summed E-state index contributed by atoms with van der Waals surface area (Å²) >= 11 is 0. The van der Waals surface area contributed by atoms with Crippen molar-refractivity contribution in [3.63, 3.8) is 0 Å². The van der Waals surface area contributed by atoms with Gasteiger partial charge >= 0.3 is 0 Å². The molecule has 2 aliphatic rings. The van der Waals surface area contributed by atoms with E-state index >= 15 is 0 Å². The normalized spacial score (nSPS) is 27.4. The van der Waals surface area contributed by atoms with Crippen LogP contribution in [0.4, 0.5) is 10.1 Å². The van der Waals surface area contributed by atoms with E-state index in [2.05, 4.69) is 17.1 Å². The lowest BCUT2D eigenvalue weighted by atomic mass is 9.81. The van der Waals surface area contributed by atoms with Crippen LogP contribution in [0.5, 0.6) is 0 Å². The van der Waals surface area contributed by atoms with Crippen LogP contribution in [0, 0.1) is 17.7 Å². The van der Waals surface area contributed by atoms with Crippen LogP contribution in [-0.2, 0) is 0 Å². The van der Waals surface area contributed by atoms with Crippen molar-refractivity contribution in [3.05, 3.63) is 30.1 Å². The Morgan fingerprint density at radius 3 is 2.85 bits per heavy atom. The first-order valence-corrected chi connectivity index (χ1v) is 10.2. The third kappa shape index (κ3) is 5.19. The fraction of sp³-hybridized carbons (Fsp3) is 0.667. The second kappa shape index (κ2) is 9.36. The summed E-state index contributed by atoms with van der Waals surface area (Å²) in [6.45, 7) is 4.89. The van der Waals surface area contributed by atoms with Crippen LogP contribution < -0.4 is 11.1 Å². The first-order valence-electron chi connectivity index (χ1n) is 10.2. The first-order chi connectivity index (χ1) is 12.7. The van der Waals surface area contributed by atoms with Crippen LogP contribution in [-0.4, -0.2) is 36.5 Å². The zero-order chi connectivity index (χ0) is 18.4. The third-order valence-electron chi connectivity index (χ3n) is 5.88. The molecule has 1 heterocycles. The van der Waals surface area contributed by atoms with Crippen LogP contribution in [0.15, 0.2) is 29.3 Å². The minimum atomic E-state index is -0.223. The van der Waals surface area contributed by atoms with Crippen LogP contribution in [0.25, 0.3) is 0 Å². The average Bonchev–Trinajstić information content (AvgIpc) is 2.66. The van der Waals surface area contributed by atoms with E-state index in [1.54, 1.807) is 6.07 Å². The van der Waals surface area contributed by atoms with Gasteiger partial charge in [-0.25, -0.2) is 4.39 Å². The summed E-state index contributed by atoms with van der Waals surface area (Å²) in [5, 5.41) is 3.40. The molecule has 3 atom stereocenters. The topological polar surface area (TPSA) is 53.6 Å². The summed E-state index contributed by atoms with van der Waals surface area (Å²) in [5.74, 6) is 1.94. The molecule has 4 nitrogen and oxygen atoms in total. The van der Waals surface area contributed by atoms with Gasteiger partial charge in [-0.1, -0.05) is 12.5 Å². The molecule has 144 valence electrons. The lowest BCUT2D eigenvalue weighted by Gasteiger charge is -2.36. The molecule has 2 fully saturated rings. The molecule has 1 aromatic rings. The molecule has 1 aromatic carbocycles. The second-order valence-corrected chi connectivity index (χ2v) is 7.97. The number of nitrogens with zero attached hydrogens (tertiary/aromatic N) is 2. The highest BCUT2D eigenvalue weighted by Crippen LogP contribution is 2.29. The number of guanidine groups is 1. The highest BCUT2D eigenvalue weighted by molar-refractivity contribution is 5.94. The monoisotopic (exact) mass is 360 g/mol. The Balaban J connectivity index is 1.73. The van der Waals surface area contributed by atoms with Gasteiger partial charge in [0.25, 0.3) is 0 Å². The number of hydrogen-bond donors (Lipinski definition) is 2. The van der Waals surface area contributed by atoms with Gasteiger partial charge in [0.1, 0.15) is 5.82 Å². The number of aliphatic imine (C=N–C) groups is 1. The molecule has 26 heavy (non-hydrogen) atoms. The maximum absolute atomic E-state index is 13.6. The number of nitrogens with two attached hydrogens (primary N) is 1. The number of hydrogen-bond acceptors (Lipinski definition) is 2. The highest BCUT2D eigenvalue weighted by atomic mass is 19.1. The van der Waals surface area contributed by atoms with E-state index in [1.165, 1.54) is 57.1 Å². The molecule has 3 rings (SSSR count). The van der Waals surface area contributed by atoms with Crippen molar-refractivity contribution in [1.29, 1.82) is 0 Å². The Kier molecular flexibility index (Phi) is 6.89. The number of anilines is 1. The summed E-state index contributed by atoms with van der Waals surface area (Å²) in [6, 6.07) is 7.11. The number of benzene rings is 1. The van der Waals surface area contributed by atoms with Gasteiger partial charge < -0.3 is 16.0 Å².